The zero-order valence-electron chi connectivity index (χ0n) is 24.9. The maximum Gasteiger partial charge on any atom is 0.251 e. The van der Waals surface area contributed by atoms with Crippen LogP contribution in [0, 0.1) is 5.92 Å². The number of nitrogens with zero attached hydrogens (tertiary/aromatic N) is 2. The number of hydrogen-bond donors (Lipinski definition) is 3. The van der Waals surface area contributed by atoms with E-state index in [1.165, 1.54) is 0 Å². The van der Waals surface area contributed by atoms with Crippen molar-refractivity contribution in [3.8, 4) is 17.2 Å². The number of allylic oxidation sites excluding steroid dienone is 4. The van der Waals surface area contributed by atoms with Crippen molar-refractivity contribution >= 4 is 17.5 Å². The van der Waals surface area contributed by atoms with Gasteiger partial charge >= 0.3 is 0 Å². The first kappa shape index (κ1) is 32.2. The van der Waals surface area contributed by atoms with Crippen molar-refractivity contribution in [2.24, 2.45) is 5.92 Å². The molecule has 0 saturated heterocycles. The summed E-state index contributed by atoms with van der Waals surface area (Å²) in [6.07, 6.45) is 14.6. The minimum absolute atomic E-state index is 0.00407. The van der Waals surface area contributed by atoms with Gasteiger partial charge in [0.2, 0.25) is 11.8 Å². The lowest BCUT2D eigenvalue weighted by Gasteiger charge is -2.26. The summed E-state index contributed by atoms with van der Waals surface area (Å²) in [6, 6.07) is 5.92. The first-order valence-corrected chi connectivity index (χ1v) is 14.8. The number of amides is 1. The Bertz CT molecular complexity index is 1250. The summed E-state index contributed by atoms with van der Waals surface area (Å²) >= 11 is 6.20. The van der Waals surface area contributed by atoms with E-state index >= 15 is 0 Å². The maximum absolute atomic E-state index is 12.9. The first-order chi connectivity index (χ1) is 19.7. The van der Waals surface area contributed by atoms with Gasteiger partial charge in [-0.25, -0.2) is 0 Å². The van der Waals surface area contributed by atoms with E-state index in [0.29, 0.717) is 46.3 Å². The maximum atomic E-state index is 12.9. The van der Waals surface area contributed by atoms with Crippen molar-refractivity contribution in [1.29, 1.82) is 0 Å². The van der Waals surface area contributed by atoms with Crippen molar-refractivity contribution in [3.05, 3.63) is 77.5 Å². The molecule has 4 rings (SSSR count). The molecule has 3 atom stereocenters. The SMILES string of the molecule is C=C/C(NC(=O)C1CCCC(c2nnc(-c3cc(Cl)ccc3OC(C)C)o2)C1)=C(/C)NCC.CNC1C=CC=CC1. The molecule has 1 amide bonds. The van der Waals surface area contributed by atoms with Crippen LogP contribution in [0.1, 0.15) is 71.6 Å². The zero-order chi connectivity index (χ0) is 29.8. The molecule has 2 aliphatic rings. The minimum Gasteiger partial charge on any atom is -0.490 e. The molecule has 1 aromatic heterocycles. The fourth-order valence-electron chi connectivity index (χ4n) is 4.87. The molecule has 3 N–H and O–H groups in total. The second-order valence-electron chi connectivity index (χ2n) is 10.5. The Balaban J connectivity index is 0.000000496. The predicted octanol–water partition coefficient (Wildman–Crippen LogP) is 6.68. The molecule has 0 radical (unpaired) electrons. The second kappa shape index (κ2) is 16.2. The number of ether oxygens (including phenoxy) is 1. The van der Waals surface area contributed by atoms with Crippen LogP contribution in [0.4, 0.5) is 0 Å². The number of aromatic nitrogens is 2. The molecule has 2 aromatic rings. The van der Waals surface area contributed by atoms with E-state index < -0.39 is 0 Å². The van der Waals surface area contributed by atoms with E-state index in [9.17, 15) is 4.79 Å². The summed E-state index contributed by atoms with van der Waals surface area (Å²) < 4.78 is 11.9. The van der Waals surface area contributed by atoms with Crippen LogP contribution >= 0.6 is 11.6 Å². The van der Waals surface area contributed by atoms with Gasteiger partial charge in [0, 0.05) is 35.1 Å². The van der Waals surface area contributed by atoms with Crippen LogP contribution in [-0.4, -0.2) is 41.8 Å². The second-order valence-corrected chi connectivity index (χ2v) is 11.0. The molecule has 1 saturated carbocycles. The number of halogens is 1. The van der Waals surface area contributed by atoms with Gasteiger partial charge in [-0.15, -0.1) is 10.2 Å². The lowest BCUT2D eigenvalue weighted by molar-refractivity contribution is -0.125. The minimum atomic E-state index is -0.130. The number of hydrogen-bond acceptors (Lipinski definition) is 7. The number of likely N-dealkylation sites (N-methyl/N-ethyl adjacent to an activating group) is 1. The lowest BCUT2D eigenvalue weighted by Crippen LogP contribution is -2.34. The topological polar surface area (TPSA) is 101 Å². The molecule has 3 unspecified atom stereocenters. The van der Waals surface area contributed by atoms with Crippen molar-refractivity contribution < 1.29 is 13.9 Å². The molecule has 0 aliphatic heterocycles. The predicted molar refractivity (Wildman–Crippen MR) is 166 cm³/mol. The fraction of sp³-hybridized carbons (Fsp3) is 0.469. The van der Waals surface area contributed by atoms with Crippen LogP contribution in [0.3, 0.4) is 0 Å². The highest BCUT2D eigenvalue weighted by Crippen LogP contribution is 2.38. The van der Waals surface area contributed by atoms with Crippen LogP contribution in [0.5, 0.6) is 5.75 Å². The van der Waals surface area contributed by atoms with E-state index in [2.05, 4.69) is 57.0 Å². The van der Waals surface area contributed by atoms with Crippen molar-refractivity contribution in [3.63, 3.8) is 0 Å². The normalized spacial score (nSPS) is 20.5. The van der Waals surface area contributed by atoms with Gasteiger partial charge in [-0.1, -0.05) is 48.9 Å². The molecular weight excluding hydrogens is 538 g/mol. The third-order valence-corrected chi connectivity index (χ3v) is 7.26. The van der Waals surface area contributed by atoms with Crippen molar-refractivity contribution in [1.82, 2.24) is 26.1 Å². The molecule has 1 aromatic carbocycles. The highest BCUT2D eigenvalue weighted by Gasteiger charge is 2.32. The monoisotopic (exact) mass is 581 g/mol. The van der Waals surface area contributed by atoms with Gasteiger partial charge in [0.05, 0.1) is 17.4 Å². The van der Waals surface area contributed by atoms with Crippen molar-refractivity contribution in [2.75, 3.05) is 13.6 Å². The number of benzene rings is 1. The molecule has 222 valence electrons. The van der Waals surface area contributed by atoms with Crippen LogP contribution in [-0.2, 0) is 4.79 Å². The third kappa shape index (κ3) is 9.61. The molecule has 2 aliphatic carbocycles. The zero-order valence-corrected chi connectivity index (χ0v) is 25.6. The van der Waals surface area contributed by atoms with Gasteiger partial charge in [-0.2, -0.15) is 0 Å². The van der Waals surface area contributed by atoms with E-state index in [-0.39, 0.29) is 23.8 Å². The molecular formula is C32H44ClN5O3. The smallest absolute Gasteiger partial charge is 0.251 e. The highest BCUT2D eigenvalue weighted by atomic mass is 35.5. The Morgan fingerprint density at radius 3 is 2.71 bits per heavy atom. The Morgan fingerprint density at radius 1 is 1.27 bits per heavy atom. The molecule has 0 bridgehead atoms. The average molecular weight is 582 g/mol. The Kier molecular flexibility index (Phi) is 12.7. The summed E-state index contributed by atoms with van der Waals surface area (Å²) in [5.41, 5.74) is 2.28. The molecule has 9 heteroatoms. The van der Waals surface area contributed by atoms with E-state index in [0.717, 1.165) is 37.9 Å². The number of nitrogens with one attached hydrogen (secondary N) is 3. The lowest BCUT2D eigenvalue weighted by atomic mass is 9.81. The van der Waals surface area contributed by atoms with E-state index in [4.69, 9.17) is 20.8 Å². The molecule has 8 nitrogen and oxygen atoms in total. The Hall–Kier alpha value is -3.36. The summed E-state index contributed by atoms with van der Waals surface area (Å²) in [4.78, 5) is 12.9. The van der Waals surface area contributed by atoms with Gasteiger partial charge in [0.1, 0.15) is 5.75 Å². The van der Waals surface area contributed by atoms with Gasteiger partial charge in [0.25, 0.3) is 5.89 Å². The van der Waals surface area contributed by atoms with Crippen LogP contribution in [0.15, 0.2) is 71.0 Å². The molecule has 1 heterocycles. The standard InChI is InChI=1S/C25H33ClN4O3.C7H11N/c1-6-21(16(5)27-7-2)28-23(31)17-9-8-10-18(13-17)24-29-30-25(33-24)20-14-19(26)11-12-22(20)32-15(3)4;1-8-7-5-3-2-4-6-7/h6,11-12,14-15,17-18,27H,1,7-10,13H2,2-5H3,(H,28,31);2-5,7-8H,6H2,1H3/b21-16+;. The summed E-state index contributed by atoms with van der Waals surface area (Å²) in [5.74, 6) is 1.44. The van der Waals surface area contributed by atoms with Gasteiger partial charge in [-0.05, 0) is 84.7 Å². The Labute approximate surface area is 249 Å². The first-order valence-electron chi connectivity index (χ1n) is 14.4. The van der Waals surface area contributed by atoms with Gasteiger partial charge < -0.3 is 25.1 Å². The highest BCUT2D eigenvalue weighted by molar-refractivity contribution is 6.30. The van der Waals surface area contributed by atoms with Gasteiger partial charge in [-0.3, -0.25) is 4.79 Å². The molecule has 41 heavy (non-hydrogen) atoms. The fourth-order valence-corrected chi connectivity index (χ4v) is 5.05. The van der Waals surface area contributed by atoms with Crippen LogP contribution < -0.4 is 20.7 Å². The van der Waals surface area contributed by atoms with E-state index in [1.807, 2.05) is 40.8 Å². The van der Waals surface area contributed by atoms with Gasteiger partial charge in [0.15, 0.2) is 0 Å². The van der Waals surface area contributed by atoms with Crippen LogP contribution in [0.25, 0.3) is 11.5 Å². The Morgan fingerprint density at radius 2 is 2.07 bits per heavy atom. The summed E-state index contributed by atoms with van der Waals surface area (Å²) in [5, 5.41) is 18.5. The third-order valence-electron chi connectivity index (χ3n) is 7.03. The number of carbonyl (C=O) groups is 1. The average Bonchev–Trinajstić information content (AvgIpc) is 3.48. The quantitative estimate of drug-likeness (QED) is 0.269. The largest absolute Gasteiger partial charge is 0.490 e. The summed E-state index contributed by atoms with van der Waals surface area (Å²) in [7, 11) is 1.98. The van der Waals surface area contributed by atoms with Crippen LogP contribution in [0.2, 0.25) is 5.02 Å². The number of rotatable bonds is 10. The van der Waals surface area contributed by atoms with E-state index in [1.54, 1.807) is 18.2 Å². The molecule has 1 fully saturated rings. The molecule has 0 spiro atoms. The summed E-state index contributed by atoms with van der Waals surface area (Å²) in [6.45, 7) is 12.5. The number of carbonyl (C=O) groups excluding carboxylic acids is 1. The van der Waals surface area contributed by atoms with Crippen molar-refractivity contribution in [2.45, 2.75) is 77.9 Å².